The van der Waals surface area contributed by atoms with Gasteiger partial charge in [0.25, 0.3) is 0 Å². The molecule has 1 unspecified atom stereocenters. The lowest BCUT2D eigenvalue weighted by Crippen LogP contribution is -2.19. The van der Waals surface area contributed by atoms with Crippen LogP contribution >= 0.6 is 34.8 Å². The van der Waals surface area contributed by atoms with Gasteiger partial charge in [-0.05, 0) is 62.1 Å². The highest BCUT2D eigenvalue weighted by molar-refractivity contribution is 6.37. The molecule has 0 saturated heterocycles. The molecule has 3 aromatic rings. The highest BCUT2D eigenvalue weighted by Crippen LogP contribution is 2.40. The first-order chi connectivity index (χ1) is 18.8. The fourth-order valence-electron chi connectivity index (χ4n) is 4.74. The van der Waals surface area contributed by atoms with Gasteiger partial charge in [0.2, 0.25) is 0 Å². The molecule has 2 aliphatic rings. The summed E-state index contributed by atoms with van der Waals surface area (Å²) in [5, 5.41) is 1.19. The van der Waals surface area contributed by atoms with Crippen LogP contribution in [0.5, 0.6) is 11.5 Å². The van der Waals surface area contributed by atoms with Gasteiger partial charge in [-0.3, -0.25) is 4.79 Å². The van der Waals surface area contributed by atoms with Crippen molar-refractivity contribution in [2.75, 3.05) is 13.7 Å². The van der Waals surface area contributed by atoms with Gasteiger partial charge in [0.15, 0.2) is 5.78 Å². The Hall–Kier alpha value is -3.19. The van der Waals surface area contributed by atoms with Crippen LogP contribution in [0.25, 0.3) is 5.70 Å². The van der Waals surface area contributed by atoms with E-state index >= 15 is 0 Å². The zero-order chi connectivity index (χ0) is 27.7. The largest absolute Gasteiger partial charge is 0.489 e. The van der Waals surface area contributed by atoms with Crippen LogP contribution < -0.4 is 15.2 Å². The number of nitrogens with two attached hydrogens (primary N) is 1. The molecule has 1 aliphatic carbocycles. The zero-order valence-electron chi connectivity index (χ0n) is 21.1. The van der Waals surface area contributed by atoms with Crippen LogP contribution in [0.2, 0.25) is 15.1 Å². The van der Waals surface area contributed by atoms with Crippen LogP contribution in [0.3, 0.4) is 0 Å². The summed E-state index contributed by atoms with van der Waals surface area (Å²) in [5.41, 5.74) is 9.54. The molecule has 6 nitrogen and oxygen atoms in total. The van der Waals surface area contributed by atoms with Gasteiger partial charge in [-0.15, -0.1) is 0 Å². The van der Waals surface area contributed by atoms with Crippen LogP contribution in [0.15, 0.2) is 60.2 Å². The van der Waals surface area contributed by atoms with Gasteiger partial charge < -0.3 is 19.9 Å². The second-order valence-electron chi connectivity index (χ2n) is 9.52. The molecule has 1 aliphatic heterocycles. The van der Waals surface area contributed by atoms with Crippen molar-refractivity contribution in [3.8, 4) is 11.5 Å². The Kier molecular flexibility index (Phi) is 8.08. The fourth-order valence-corrected chi connectivity index (χ4v) is 5.63. The molecular weight excluding hydrogens is 561 g/mol. The Morgan fingerprint density at radius 3 is 2.36 bits per heavy atom. The molecule has 0 amide bonds. The molecule has 9 heteroatoms. The third kappa shape index (κ3) is 5.74. The predicted octanol–water partition coefficient (Wildman–Crippen LogP) is 7.23. The van der Waals surface area contributed by atoms with E-state index in [2.05, 4.69) is 0 Å². The van der Waals surface area contributed by atoms with E-state index in [1.54, 1.807) is 42.5 Å². The fraction of sp³-hybridized carbons (Fsp3) is 0.267. The smallest absolute Gasteiger partial charge is 0.338 e. The van der Waals surface area contributed by atoms with Gasteiger partial charge >= 0.3 is 5.97 Å². The molecule has 2 N–H and O–H groups in total. The number of carbonyl (C=O) groups is 2. The van der Waals surface area contributed by atoms with E-state index in [4.69, 9.17) is 54.7 Å². The number of halogens is 3. The number of fused-ring (bicyclic) bond motifs is 1. The number of hydrogen-bond acceptors (Lipinski definition) is 6. The number of esters is 1. The normalized spacial score (nSPS) is 17.0. The van der Waals surface area contributed by atoms with Crippen LogP contribution in [-0.4, -0.2) is 25.5 Å². The van der Waals surface area contributed by atoms with Crippen molar-refractivity contribution in [3.05, 3.63) is 97.5 Å². The Bertz CT molecular complexity index is 1460. The summed E-state index contributed by atoms with van der Waals surface area (Å²) in [5.74, 6) is 0.589. The number of methoxy groups -OCH3 is 1. The summed E-state index contributed by atoms with van der Waals surface area (Å²) in [6, 6.07) is 15.7. The average molecular weight is 587 g/mol. The van der Waals surface area contributed by atoms with Gasteiger partial charge in [0.05, 0.1) is 39.0 Å². The molecule has 0 spiro atoms. The van der Waals surface area contributed by atoms with Crippen molar-refractivity contribution in [2.24, 2.45) is 11.7 Å². The first-order valence-electron chi connectivity index (χ1n) is 12.5. The maximum Gasteiger partial charge on any atom is 0.338 e. The molecule has 1 saturated carbocycles. The SMILES string of the molecule is COC(=O)c1cccc2c1CCC(c1ccc(OCC(C(=O)C3CC3)=C(N)c3c(Cl)cccc3Cl)cc1Cl)O2. The molecule has 1 heterocycles. The first-order valence-corrected chi connectivity index (χ1v) is 13.7. The van der Waals surface area contributed by atoms with Gasteiger partial charge in [-0.1, -0.05) is 53.0 Å². The van der Waals surface area contributed by atoms with E-state index in [0.717, 1.165) is 24.0 Å². The maximum atomic E-state index is 13.1. The number of ether oxygens (including phenoxy) is 3. The second kappa shape index (κ2) is 11.5. The highest BCUT2D eigenvalue weighted by atomic mass is 35.5. The minimum absolute atomic E-state index is 0.0536. The molecule has 5 rings (SSSR count). The Labute approximate surface area is 241 Å². The third-order valence-electron chi connectivity index (χ3n) is 6.97. The van der Waals surface area contributed by atoms with Crippen LogP contribution in [-0.2, 0) is 16.0 Å². The second-order valence-corrected chi connectivity index (χ2v) is 10.7. The quantitative estimate of drug-likeness (QED) is 0.221. The van der Waals surface area contributed by atoms with E-state index in [1.807, 2.05) is 12.1 Å². The minimum Gasteiger partial charge on any atom is -0.489 e. The van der Waals surface area contributed by atoms with Crippen molar-refractivity contribution >= 4 is 52.3 Å². The number of benzene rings is 3. The Morgan fingerprint density at radius 2 is 1.69 bits per heavy atom. The van der Waals surface area contributed by atoms with Crippen LogP contribution in [0, 0.1) is 5.92 Å². The first kappa shape index (κ1) is 27.4. The standard InChI is InChI=1S/C30H26Cl3NO5/c1-37-30(36)19-4-2-7-25-18(19)12-13-26(39-25)20-11-10-17(14-24(20)33)38-15-21(29(35)16-8-9-16)28(34)27-22(31)5-3-6-23(27)32/h2-7,10-11,14,16,26H,8-9,12-13,15,34H2,1H3. The molecule has 1 fully saturated rings. The van der Waals surface area contributed by atoms with E-state index in [-0.39, 0.29) is 36.1 Å². The number of carbonyl (C=O) groups excluding carboxylic acids is 2. The molecule has 1 atom stereocenters. The summed E-state index contributed by atoms with van der Waals surface area (Å²) in [6.45, 7) is -0.0536. The highest BCUT2D eigenvalue weighted by Gasteiger charge is 2.34. The zero-order valence-corrected chi connectivity index (χ0v) is 23.4. The van der Waals surface area contributed by atoms with E-state index in [9.17, 15) is 9.59 Å². The topological polar surface area (TPSA) is 87.9 Å². The number of rotatable bonds is 8. The minimum atomic E-state index is -0.389. The monoisotopic (exact) mass is 585 g/mol. The number of hydrogen-bond donors (Lipinski definition) is 1. The molecular formula is C30H26Cl3NO5. The lowest BCUT2D eigenvalue weighted by Gasteiger charge is -2.28. The summed E-state index contributed by atoms with van der Waals surface area (Å²) in [4.78, 5) is 25.2. The van der Waals surface area contributed by atoms with E-state index in [1.165, 1.54) is 7.11 Å². The van der Waals surface area contributed by atoms with Crippen molar-refractivity contribution in [1.29, 1.82) is 0 Å². The lowest BCUT2D eigenvalue weighted by molar-refractivity contribution is -0.116. The molecule has 202 valence electrons. The Morgan fingerprint density at radius 1 is 0.974 bits per heavy atom. The van der Waals surface area contributed by atoms with Crippen molar-refractivity contribution in [1.82, 2.24) is 0 Å². The number of ketones is 1. The summed E-state index contributed by atoms with van der Waals surface area (Å²) in [6.07, 6.45) is 2.62. The molecule has 39 heavy (non-hydrogen) atoms. The van der Waals surface area contributed by atoms with Gasteiger partial charge in [-0.2, -0.15) is 0 Å². The third-order valence-corrected chi connectivity index (χ3v) is 7.93. The molecule has 3 aromatic carbocycles. The average Bonchev–Trinajstić information content (AvgIpc) is 3.78. The van der Waals surface area contributed by atoms with Crippen molar-refractivity contribution < 1.29 is 23.8 Å². The van der Waals surface area contributed by atoms with E-state index < -0.39 is 0 Å². The van der Waals surface area contributed by atoms with Crippen LogP contribution in [0.4, 0.5) is 0 Å². The van der Waals surface area contributed by atoms with Crippen molar-refractivity contribution in [2.45, 2.75) is 31.8 Å². The van der Waals surface area contributed by atoms with Crippen LogP contribution in [0.1, 0.15) is 52.4 Å². The summed E-state index contributed by atoms with van der Waals surface area (Å²) >= 11 is 19.4. The predicted molar refractivity (Wildman–Crippen MR) is 152 cm³/mol. The van der Waals surface area contributed by atoms with Gasteiger partial charge in [0, 0.05) is 22.6 Å². The Balaban J connectivity index is 1.35. The molecule has 0 bridgehead atoms. The van der Waals surface area contributed by atoms with E-state index in [0.29, 0.717) is 56.1 Å². The number of Topliss-reactive ketones (excluding diaryl/α,β-unsaturated/α-hetero) is 1. The summed E-state index contributed by atoms with van der Waals surface area (Å²) in [7, 11) is 1.36. The van der Waals surface area contributed by atoms with Crippen molar-refractivity contribution in [3.63, 3.8) is 0 Å². The van der Waals surface area contributed by atoms with Gasteiger partial charge in [0.1, 0.15) is 24.2 Å². The summed E-state index contributed by atoms with van der Waals surface area (Å²) < 4.78 is 17.1. The molecule has 0 radical (unpaired) electrons. The van der Waals surface area contributed by atoms with Gasteiger partial charge in [-0.25, -0.2) is 4.79 Å². The molecule has 0 aromatic heterocycles. The lowest BCUT2D eigenvalue weighted by atomic mass is 9.94. The maximum absolute atomic E-state index is 13.1.